The zero-order chi connectivity index (χ0) is 43.5. The summed E-state index contributed by atoms with van der Waals surface area (Å²) in [5, 5.41) is 11.2. The van der Waals surface area contributed by atoms with Crippen LogP contribution in [-0.2, 0) is 0 Å². The third kappa shape index (κ3) is 5.88. The van der Waals surface area contributed by atoms with Gasteiger partial charge in [-0.05, 0) is 99.5 Å². The van der Waals surface area contributed by atoms with Crippen LogP contribution in [-0.4, -0.2) is 17.2 Å². The molecule has 12 aromatic rings. The van der Waals surface area contributed by atoms with E-state index in [2.05, 4.69) is 241 Å². The molecular weight excluding hydrogens is 805 g/mol. The van der Waals surface area contributed by atoms with Gasteiger partial charge in [-0.2, -0.15) is 0 Å². The molecule has 308 valence electrons. The van der Waals surface area contributed by atoms with Gasteiger partial charge in [0.05, 0.1) is 27.9 Å². The first-order chi connectivity index (χ1) is 32.2. The monoisotopic (exact) mass is 848 g/mol. The lowest BCUT2D eigenvalue weighted by Crippen LogP contribution is -2.74. The smallest absolute Gasteiger partial charge is 0.179 e. The fourth-order valence-electron chi connectivity index (χ4n) is 10.7. The minimum Gasteiger partial charge on any atom is -0.456 e. The van der Waals surface area contributed by atoms with Crippen LogP contribution >= 0.6 is 0 Å². The van der Waals surface area contributed by atoms with Gasteiger partial charge in [-0.15, -0.1) is 0 Å². The summed E-state index contributed by atoms with van der Waals surface area (Å²) < 4.78 is 11.1. The van der Waals surface area contributed by atoms with Crippen LogP contribution in [0.3, 0.4) is 0 Å². The van der Waals surface area contributed by atoms with Crippen molar-refractivity contribution in [2.24, 2.45) is 0 Å². The van der Waals surface area contributed by atoms with Gasteiger partial charge in [0.2, 0.25) is 0 Å². The highest BCUT2D eigenvalue weighted by molar-refractivity contribution is 7.19. The van der Waals surface area contributed by atoms with E-state index in [9.17, 15) is 0 Å². The van der Waals surface area contributed by atoms with Crippen molar-refractivity contribution in [2.45, 2.75) is 6.92 Å². The van der Waals surface area contributed by atoms with Gasteiger partial charge in [-0.3, -0.25) is 0 Å². The Balaban J connectivity index is 1.07. The summed E-state index contributed by atoms with van der Waals surface area (Å²) in [4.78, 5) is 0. The number of hydrogen-bond acceptors (Lipinski definition) is 1. The number of fused-ring (bicyclic) bond motifs is 7. The largest absolute Gasteiger partial charge is 0.456 e. The van der Waals surface area contributed by atoms with Crippen molar-refractivity contribution in [1.29, 1.82) is 0 Å². The topological polar surface area (TPSA) is 23.0 Å². The normalized spacial score (nSPS) is 12.1. The van der Waals surface area contributed by atoms with Crippen LogP contribution in [0.1, 0.15) is 18.2 Å². The van der Waals surface area contributed by atoms with Gasteiger partial charge in [0.15, 0.2) is 8.07 Å². The van der Waals surface area contributed by atoms with Gasteiger partial charge in [0.1, 0.15) is 11.2 Å². The summed E-state index contributed by atoms with van der Waals surface area (Å²) >= 11 is 0. The molecular formula is C61H44N2OSi. The number of allylic oxidation sites excluding steroid dienone is 1. The molecule has 0 aliphatic carbocycles. The van der Waals surface area contributed by atoms with Crippen molar-refractivity contribution in [3.8, 4) is 22.5 Å². The summed E-state index contributed by atoms with van der Waals surface area (Å²) in [6.07, 6.45) is 6.39. The molecule has 3 aromatic heterocycles. The van der Waals surface area contributed by atoms with E-state index in [0.29, 0.717) is 0 Å². The lowest BCUT2D eigenvalue weighted by molar-refractivity contribution is 0.669. The van der Waals surface area contributed by atoms with E-state index in [4.69, 9.17) is 4.42 Å². The zero-order valence-corrected chi connectivity index (χ0v) is 37.0. The summed E-state index contributed by atoms with van der Waals surface area (Å²) in [5.74, 6) is 0. The van der Waals surface area contributed by atoms with Crippen LogP contribution in [0.5, 0.6) is 0 Å². The SMILES string of the molecule is C=Cc1c(/C=C\C)n(-c2cccc3c2c2ccccc2n3-c2ccc([Si](c3ccccc3)(c3ccccc3)c3ccccc3)cc2)c2cccc(-c3ccc4oc5ccccc5c4c3)c12. The number of para-hydroxylation sites is 2. The third-order valence-corrected chi connectivity index (χ3v) is 18.2. The summed E-state index contributed by atoms with van der Waals surface area (Å²) in [6, 6.07) is 80.0. The maximum Gasteiger partial charge on any atom is 0.179 e. The van der Waals surface area contributed by atoms with Crippen LogP contribution in [0.25, 0.3) is 89.3 Å². The third-order valence-electron chi connectivity index (χ3n) is 13.4. The van der Waals surface area contributed by atoms with Crippen molar-refractivity contribution in [1.82, 2.24) is 9.13 Å². The quantitative estimate of drug-likeness (QED) is 0.105. The second-order valence-electron chi connectivity index (χ2n) is 16.8. The molecule has 0 fully saturated rings. The molecule has 0 amide bonds. The van der Waals surface area contributed by atoms with E-state index < -0.39 is 8.07 Å². The van der Waals surface area contributed by atoms with Crippen LogP contribution in [0.15, 0.2) is 235 Å². The first-order valence-corrected chi connectivity index (χ1v) is 24.3. The number of furan rings is 1. The summed E-state index contributed by atoms with van der Waals surface area (Å²) in [5.41, 5.74) is 12.0. The number of rotatable bonds is 9. The van der Waals surface area contributed by atoms with E-state index in [1.165, 1.54) is 36.9 Å². The zero-order valence-electron chi connectivity index (χ0n) is 36.0. The number of hydrogen-bond donors (Lipinski definition) is 0. The van der Waals surface area contributed by atoms with Crippen molar-refractivity contribution >= 4 is 95.6 Å². The first kappa shape index (κ1) is 38.5. The molecule has 12 rings (SSSR count). The minimum atomic E-state index is -2.69. The van der Waals surface area contributed by atoms with Gasteiger partial charge in [-0.1, -0.05) is 183 Å². The Hall–Kier alpha value is -8.18. The molecule has 4 heteroatoms. The fourth-order valence-corrected chi connectivity index (χ4v) is 15.4. The van der Waals surface area contributed by atoms with Gasteiger partial charge < -0.3 is 13.6 Å². The van der Waals surface area contributed by atoms with Crippen LogP contribution in [0, 0.1) is 0 Å². The van der Waals surface area contributed by atoms with Crippen LogP contribution < -0.4 is 20.7 Å². The van der Waals surface area contributed by atoms with Crippen molar-refractivity contribution in [3.05, 3.63) is 242 Å². The molecule has 3 heterocycles. The van der Waals surface area contributed by atoms with Crippen LogP contribution in [0.2, 0.25) is 0 Å². The van der Waals surface area contributed by atoms with E-state index in [1.54, 1.807) is 0 Å². The molecule has 0 aliphatic rings. The first-order valence-electron chi connectivity index (χ1n) is 22.3. The van der Waals surface area contributed by atoms with Gasteiger partial charge in [0, 0.05) is 38.2 Å². The Labute approximate surface area is 379 Å². The molecule has 65 heavy (non-hydrogen) atoms. The molecule has 0 unspecified atom stereocenters. The van der Waals surface area contributed by atoms with Crippen LogP contribution in [0.4, 0.5) is 0 Å². The number of aromatic nitrogens is 2. The molecule has 3 nitrogen and oxygen atoms in total. The highest BCUT2D eigenvalue weighted by atomic mass is 28.3. The fraction of sp³-hybridized carbons (Fsp3) is 0.0164. The average Bonchev–Trinajstić information content (AvgIpc) is 4.03. The number of benzene rings is 9. The van der Waals surface area contributed by atoms with E-state index in [1.807, 2.05) is 18.2 Å². The molecule has 0 spiro atoms. The van der Waals surface area contributed by atoms with Crippen molar-refractivity contribution in [3.63, 3.8) is 0 Å². The van der Waals surface area contributed by atoms with Gasteiger partial charge in [0.25, 0.3) is 0 Å². The molecule has 0 aliphatic heterocycles. The van der Waals surface area contributed by atoms with E-state index in [0.717, 1.165) is 72.2 Å². The lowest BCUT2D eigenvalue weighted by atomic mass is 9.97. The molecule has 0 radical (unpaired) electrons. The molecule has 0 bridgehead atoms. The Morgan fingerprint density at radius 2 is 1.02 bits per heavy atom. The van der Waals surface area contributed by atoms with E-state index in [-0.39, 0.29) is 0 Å². The van der Waals surface area contributed by atoms with Crippen molar-refractivity contribution < 1.29 is 4.42 Å². The highest BCUT2D eigenvalue weighted by Crippen LogP contribution is 2.43. The van der Waals surface area contributed by atoms with Gasteiger partial charge >= 0.3 is 0 Å². The molecule has 0 atom stereocenters. The predicted octanol–water partition coefficient (Wildman–Crippen LogP) is 13.3. The predicted molar refractivity (Wildman–Crippen MR) is 279 cm³/mol. The van der Waals surface area contributed by atoms with Crippen molar-refractivity contribution in [2.75, 3.05) is 0 Å². The Kier molecular flexibility index (Phi) is 9.21. The second kappa shape index (κ2) is 15.6. The number of nitrogens with zero attached hydrogens (tertiary/aromatic N) is 2. The lowest BCUT2D eigenvalue weighted by Gasteiger charge is -2.34. The Bertz CT molecular complexity index is 3680. The average molecular weight is 849 g/mol. The molecule has 0 saturated heterocycles. The standard InChI is InChI=1S/C61H44N2OSi/c1-3-20-53-48(4-2)60-49(42-35-40-59-52(41-42)50-27-15-17-34-58(50)64-59)29-18-31-55(60)63(53)57-33-19-32-56-61(57)51-28-14-16-30-54(51)62(56)43-36-38-47(39-37-43)65(44-21-8-5-9-22-44,45-23-10-6-11-24-45)46-25-12-7-13-26-46/h3-41H,2H2,1H3/b20-3-. The maximum absolute atomic E-state index is 6.24. The van der Waals surface area contributed by atoms with Gasteiger partial charge in [-0.25, -0.2) is 0 Å². The Morgan fingerprint density at radius 3 is 1.68 bits per heavy atom. The summed E-state index contributed by atoms with van der Waals surface area (Å²) in [7, 11) is -2.69. The van der Waals surface area contributed by atoms with E-state index >= 15 is 0 Å². The molecule has 0 saturated carbocycles. The Morgan fingerprint density at radius 1 is 0.462 bits per heavy atom. The minimum absolute atomic E-state index is 0.890. The molecule has 9 aromatic carbocycles. The second-order valence-corrected chi connectivity index (χ2v) is 20.6. The molecule has 0 N–H and O–H groups in total. The highest BCUT2D eigenvalue weighted by Gasteiger charge is 2.41. The summed E-state index contributed by atoms with van der Waals surface area (Å²) in [6.45, 7) is 6.52. The maximum atomic E-state index is 6.24.